The molecule has 6 heteroatoms. The van der Waals surface area contributed by atoms with Crippen molar-refractivity contribution in [2.75, 3.05) is 0 Å². The van der Waals surface area contributed by atoms with Crippen LogP contribution in [0.1, 0.15) is 22.7 Å². The minimum Gasteiger partial charge on any atom is -0.481 e. The summed E-state index contributed by atoms with van der Waals surface area (Å²) in [5.74, 6) is -2.18. The van der Waals surface area contributed by atoms with E-state index in [0.717, 1.165) is 0 Å². The first-order valence-electron chi connectivity index (χ1n) is 6.01. The number of carbonyl (C=O) groups is 1. The van der Waals surface area contributed by atoms with Crippen molar-refractivity contribution in [2.24, 2.45) is 0 Å². The number of nitrogens with zero attached hydrogens (tertiary/aromatic N) is 1. The number of benzene rings is 1. The van der Waals surface area contributed by atoms with Crippen LogP contribution in [0.2, 0.25) is 0 Å². The normalized spacial score (nSPS) is 15.2. The highest BCUT2D eigenvalue weighted by Gasteiger charge is 2.34. The molecule has 1 aromatic carbocycles. The third-order valence-corrected chi connectivity index (χ3v) is 4.29. The second-order valence-corrected chi connectivity index (χ2v) is 5.62. The summed E-state index contributed by atoms with van der Waals surface area (Å²) in [6.45, 7) is 0. The van der Waals surface area contributed by atoms with Crippen LogP contribution in [0.15, 0.2) is 54.9 Å². The molecule has 3 atom stereocenters. The molecule has 5 nitrogen and oxygen atoms in total. The molecule has 2 aromatic rings. The Kier molecular flexibility index (Phi) is 4.66. The monoisotopic (exact) mass is 291 g/mol. The van der Waals surface area contributed by atoms with E-state index in [2.05, 4.69) is 4.98 Å². The molecule has 2 N–H and O–H groups in total. The summed E-state index contributed by atoms with van der Waals surface area (Å²) in [6, 6.07) is 11.6. The summed E-state index contributed by atoms with van der Waals surface area (Å²) < 4.78 is 11.7. The summed E-state index contributed by atoms with van der Waals surface area (Å²) in [6.07, 6.45) is 2.97. The van der Waals surface area contributed by atoms with Gasteiger partial charge in [0.1, 0.15) is 0 Å². The Morgan fingerprint density at radius 2 is 1.65 bits per heavy atom. The van der Waals surface area contributed by atoms with Gasteiger partial charge in [-0.3, -0.25) is 14.3 Å². The van der Waals surface area contributed by atoms with Crippen LogP contribution in [0, 0.1) is 0 Å². The van der Waals surface area contributed by atoms with Crippen LogP contribution in [-0.4, -0.2) is 21.0 Å². The second-order valence-electron chi connectivity index (χ2n) is 4.32. The Morgan fingerprint density at radius 1 is 1.05 bits per heavy atom. The molecule has 1 heterocycles. The average molecular weight is 291 g/mol. The van der Waals surface area contributed by atoms with E-state index < -0.39 is 25.6 Å². The molecule has 1 aromatic heterocycles. The van der Waals surface area contributed by atoms with E-state index in [-0.39, 0.29) is 0 Å². The molecule has 104 valence electrons. The zero-order valence-electron chi connectivity index (χ0n) is 10.5. The first-order chi connectivity index (χ1) is 9.61. The van der Waals surface area contributed by atoms with Crippen LogP contribution >= 0.6 is 8.03 Å². The van der Waals surface area contributed by atoms with Gasteiger partial charge in [-0.2, -0.15) is 0 Å². The van der Waals surface area contributed by atoms with Gasteiger partial charge in [0.2, 0.25) is 0 Å². The molecule has 0 radical (unpaired) electrons. The van der Waals surface area contributed by atoms with Gasteiger partial charge in [0.05, 0.1) is 11.6 Å². The summed E-state index contributed by atoms with van der Waals surface area (Å²) in [5, 5.41) is 9.46. The number of hydrogen-bond acceptors (Lipinski definition) is 3. The van der Waals surface area contributed by atoms with Gasteiger partial charge < -0.3 is 10.00 Å². The summed E-state index contributed by atoms with van der Waals surface area (Å²) in [4.78, 5) is 25.0. The number of rotatable bonds is 5. The quantitative estimate of drug-likeness (QED) is 0.826. The predicted molar refractivity (Wildman–Crippen MR) is 75.0 cm³/mol. The SMILES string of the molecule is O=C(O)C(c1ccccc1)C(c1ccncc1)[PH](=O)O. The summed E-state index contributed by atoms with van der Waals surface area (Å²) >= 11 is 0. The lowest BCUT2D eigenvalue weighted by atomic mass is 9.92. The van der Waals surface area contributed by atoms with Crippen LogP contribution in [0.3, 0.4) is 0 Å². The van der Waals surface area contributed by atoms with E-state index in [0.29, 0.717) is 11.1 Å². The Bertz CT molecular complexity index is 548. The lowest BCUT2D eigenvalue weighted by Gasteiger charge is -2.22. The van der Waals surface area contributed by atoms with Gasteiger partial charge in [-0.1, -0.05) is 30.3 Å². The molecule has 20 heavy (non-hydrogen) atoms. The van der Waals surface area contributed by atoms with Crippen molar-refractivity contribution >= 4 is 14.0 Å². The first-order valence-corrected chi connectivity index (χ1v) is 7.45. The van der Waals surface area contributed by atoms with Crippen molar-refractivity contribution in [1.29, 1.82) is 0 Å². The maximum absolute atomic E-state index is 11.7. The number of aliphatic carboxylic acids is 1. The van der Waals surface area contributed by atoms with Gasteiger partial charge in [-0.15, -0.1) is 0 Å². The Labute approximate surface area is 116 Å². The van der Waals surface area contributed by atoms with E-state index in [4.69, 9.17) is 0 Å². The van der Waals surface area contributed by atoms with Crippen molar-refractivity contribution in [3.05, 3.63) is 66.0 Å². The number of pyridine rings is 1. The predicted octanol–water partition coefficient (Wildman–Crippen LogP) is 2.46. The van der Waals surface area contributed by atoms with Crippen molar-refractivity contribution in [1.82, 2.24) is 4.98 Å². The minimum atomic E-state index is -3.07. The molecule has 3 unspecified atom stereocenters. The number of hydrogen-bond donors (Lipinski definition) is 2. The first kappa shape index (κ1) is 14.4. The van der Waals surface area contributed by atoms with E-state index in [1.54, 1.807) is 42.5 Å². The lowest BCUT2D eigenvalue weighted by Crippen LogP contribution is -2.18. The molecule has 0 aliphatic rings. The Balaban J connectivity index is 2.50. The zero-order chi connectivity index (χ0) is 14.5. The lowest BCUT2D eigenvalue weighted by molar-refractivity contribution is -0.138. The van der Waals surface area contributed by atoms with Crippen molar-refractivity contribution in [3.63, 3.8) is 0 Å². The molecule has 0 spiro atoms. The van der Waals surface area contributed by atoms with Crippen LogP contribution < -0.4 is 0 Å². The average Bonchev–Trinajstić information content (AvgIpc) is 2.45. The van der Waals surface area contributed by atoms with Gasteiger partial charge in [0, 0.05) is 12.4 Å². The van der Waals surface area contributed by atoms with Gasteiger partial charge >= 0.3 is 5.97 Å². The molecule has 0 amide bonds. The van der Waals surface area contributed by atoms with Crippen molar-refractivity contribution in [2.45, 2.75) is 11.6 Å². The highest BCUT2D eigenvalue weighted by Crippen LogP contribution is 2.47. The number of aromatic nitrogens is 1. The third kappa shape index (κ3) is 3.13. The van der Waals surface area contributed by atoms with E-state index in [1.807, 2.05) is 0 Å². The fourth-order valence-electron chi connectivity index (χ4n) is 2.19. The second kappa shape index (κ2) is 6.46. The van der Waals surface area contributed by atoms with Crippen molar-refractivity contribution in [3.8, 4) is 0 Å². The molecule has 0 aliphatic heterocycles. The van der Waals surface area contributed by atoms with Crippen LogP contribution in [0.25, 0.3) is 0 Å². The molecule has 0 bridgehead atoms. The maximum Gasteiger partial charge on any atom is 0.312 e. The van der Waals surface area contributed by atoms with Gasteiger partial charge in [0.25, 0.3) is 0 Å². The standard InChI is InChI=1S/C14H14NO4P/c16-14(17)12(10-4-2-1-3-5-10)13(20(18)19)11-6-8-15-9-7-11/h1-9,12-13,20H,(H,16,17)(H,18,19). The molecule has 0 saturated heterocycles. The summed E-state index contributed by atoms with van der Waals surface area (Å²) in [7, 11) is -3.07. The Morgan fingerprint density at radius 3 is 2.15 bits per heavy atom. The van der Waals surface area contributed by atoms with Gasteiger partial charge in [0.15, 0.2) is 8.03 Å². The topological polar surface area (TPSA) is 87.5 Å². The van der Waals surface area contributed by atoms with E-state index in [1.165, 1.54) is 12.4 Å². The maximum atomic E-state index is 11.7. The molecule has 2 rings (SSSR count). The highest BCUT2D eigenvalue weighted by atomic mass is 31.1. The van der Waals surface area contributed by atoms with Crippen molar-refractivity contribution < 1.29 is 19.4 Å². The van der Waals surface area contributed by atoms with Gasteiger partial charge in [-0.25, -0.2) is 0 Å². The molecular weight excluding hydrogens is 277 g/mol. The fourth-order valence-corrected chi connectivity index (χ4v) is 3.28. The third-order valence-electron chi connectivity index (χ3n) is 3.09. The van der Waals surface area contributed by atoms with E-state index in [9.17, 15) is 19.4 Å². The fraction of sp³-hybridized carbons (Fsp3) is 0.143. The number of carboxylic acid groups (broad SMARTS) is 1. The minimum absolute atomic E-state index is 0.502. The molecule has 0 fully saturated rings. The van der Waals surface area contributed by atoms with E-state index >= 15 is 0 Å². The Hall–Kier alpha value is -1.97. The smallest absolute Gasteiger partial charge is 0.312 e. The highest BCUT2D eigenvalue weighted by molar-refractivity contribution is 7.38. The van der Waals surface area contributed by atoms with Crippen LogP contribution in [0.5, 0.6) is 0 Å². The van der Waals surface area contributed by atoms with Crippen LogP contribution in [0.4, 0.5) is 0 Å². The molecule has 0 saturated carbocycles. The molecule has 0 aliphatic carbocycles. The largest absolute Gasteiger partial charge is 0.481 e. The zero-order valence-corrected chi connectivity index (χ0v) is 11.5. The molecular formula is C14H14NO4P. The number of carboxylic acids is 1. The summed E-state index contributed by atoms with van der Waals surface area (Å²) in [5.41, 5.74) is 0.0414. The van der Waals surface area contributed by atoms with Gasteiger partial charge in [-0.05, 0) is 23.3 Å². The van der Waals surface area contributed by atoms with Crippen LogP contribution in [-0.2, 0) is 9.36 Å².